The Hall–Kier alpha value is -2.16. The van der Waals surface area contributed by atoms with Gasteiger partial charge in [-0.05, 0) is 6.07 Å². The highest BCUT2D eigenvalue weighted by Crippen LogP contribution is 2.32. The van der Waals surface area contributed by atoms with Crippen LogP contribution in [0.1, 0.15) is 15.9 Å². The molecule has 0 aliphatic carbocycles. The number of hydrogen-bond acceptors (Lipinski definition) is 4. The van der Waals surface area contributed by atoms with E-state index >= 15 is 0 Å². The molecule has 1 saturated heterocycles. The molecule has 0 atom stereocenters. The summed E-state index contributed by atoms with van der Waals surface area (Å²) in [5.74, 6) is -0.982. The van der Waals surface area contributed by atoms with Crippen LogP contribution in [0, 0.1) is 0 Å². The van der Waals surface area contributed by atoms with Gasteiger partial charge in [-0.1, -0.05) is 0 Å². The van der Waals surface area contributed by atoms with E-state index in [0.29, 0.717) is 0 Å². The van der Waals surface area contributed by atoms with Gasteiger partial charge >= 0.3 is 6.18 Å². The molecule has 1 aliphatic heterocycles. The molecule has 120 valence electrons. The average molecular weight is 316 g/mol. The molecule has 2 rings (SSSR count). The van der Waals surface area contributed by atoms with Crippen molar-refractivity contribution in [3.05, 3.63) is 29.6 Å². The lowest BCUT2D eigenvalue weighted by atomic mass is 10.1. The highest BCUT2D eigenvalue weighted by Gasteiger charge is 2.36. The van der Waals surface area contributed by atoms with Crippen LogP contribution in [0.4, 0.5) is 13.2 Å². The summed E-state index contributed by atoms with van der Waals surface area (Å²) in [5, 5.41) is 0. The van der Waals surface area contributed by atoms with Gasteiger partial charge in [0.25, 0.3) is 5.91 Å². The van der Waals surface area contributed by atoms with E-state index in [2.05, 4.69) is 4.98 Å². The van der Waals surface area contributed by atoms with Gasteiger partial charge in [-0.15, -0.1) is 0 Å². The second-order valence-corrected chi connectivity index (χ2v) is 4.80. The molecule has 1 aromatic rings. The molecule has 2 heterocycles. The van der Waals surface area contributed by atoms with E-state index in [4.69, 9.17) is 5.73 Å². The van der Waals surface area contributed by atoms with E-state index in [9.17, 15) is 22.8 Å². The highest BCUT2D eigenvalue weighted by atomic mass is 19.4. The molecule has 0 bridgehead atoms. The molecule has 0 aromatic carbocycles. The molecular weight excluding hydrogens is 301 g/mol. The van der Waals surface area contributed by atoms with Crippen LogP contribution >= 0.6 is 0 Å². The smallest absolute Gasteiger partial charge is 0.338 e. The van der Waals surface area contributed by atoms with E-state index < -0.39 is 23.2 Å². The van der Waals surface area contributed by atoms with Crippen LogP contribution in [0.2, 0.25) is 0 Å². The zero-order valence-electron chi connectivity index (χ0n) is 11.6. The third-order valence-electron chi connectivity index (χ3n) is 3.45. The van der Waals surface area contributed by atoms with Gasteiger partial charge in [0.05, 0.1) is 17.7 Å². The zero-order chi connectivity index (χ0) is 16.3. The maximum atomic E-state index is 12.9. The fourth-order valence-electron chi connectivity index (χ4n) is 2.27. The number of amides is 2. The number of nitrogens with two attached hydrogens (primary N) is 1. The SMILES string of the molecule is NCC(=O)N1CCN(C(=O)c2cnccc2C(F)(F)F)CC1. The van der Waals surface area contributed by atoms with Crippen LogP contribution in [0.25, 0.3) is 0 Å². The molecule has 0 spiro atoms. The van der Waals surface area contributed by atoms with Gasteiger partial charge in [-0.25, -0.2) is 0 Å². The molecule has 0 unspecified atom stereocenters. The minimum absolute atomic E-state index is 0.130. The van der Waals surface area contributed by atoms with Gasteiger partial charge in [-0.2, -0.15) is 13.2 Å². The number of aromatic nitrogens is 1. The molecule has 6 nitrogen and oxygen atoms in total. The molecular formula is C13H15F3N4O2. The number of nitrogens with zero attached hydrogens (tertiary/aromatic N) is 3. The van der Waals surface area contributed by atoms with Crippen molar-refractivity contribution in [1.82, 2.24) is 14.8 Å². The summed E-state index contributed by atoms with van der Waals surface area (Å²) in [6.07, 6.45) is -2.70. The van der Waals surface area contributed by atoms with Crippen LogP contribution in [0.3, 0.4) is 0 Å². The van der Waals surface area contributed by atoms with Crippen molar-refractivity contribution in [2.75, 3.05) is 32.7 Å². The normalized spacial score (nSPS) is 15.8. The molecule has 1 fully saturated rings. The minimum Gasteiger partial charge on any atom is -0.338 e. The van der Waals surface area contributed by atoms with Crippen molar-refractivity contribution in [1.29, 1.82) is 0 Å². The number of pyridine rings is 1. The first-order valence-electron chi connectivity index (χ1n) is 6.63. The predicted octanol–water partition coefficient (Wildman–Crippen LogP) is 0.344. The summed E-state index contributed by atoms with van der Waals surface area (Å²) in [6, 6.07) is 0.779. The Morgan fingerprint density at radius 3 is 2.32 bits per heavy atom. The van der Waals surface area contributed by atoms with Crippen molar-refractivity contribution in [3.63, 3.8) is 0 Å². The summed E-state index contributed by atoms with van der Waals surface area (Å²) < 4.78 is 38.8. The van der Waals surface area contributed by atoms with Crippen molar-refractivity contribution in [2.24, 2.45) is 5.73 Å². The number of carbonyl (C=O) groups excluding carboxylic acids is 2. The Morgan fingerprint density at radius 2 is 1.77 bits per heavy atom. The molecule has 0 saturated carbocycles. The molecule has 1 aromatic heterocycles. The van der Waals surface area contributed by atoms with E-state index in [1.807, 2.05) is 0 Å². The lowest BCUT2D eigenvalue weighted by Gasteiger charge is -2.34. The number of hydrogen-bond donors (Lipinski definition) is 1. The molecule has 22 heavy (non-hydrogen) atoms. The first-order chi connectivity index (χ1) is 10.3. The summed E-state index contributed by atoms with van der Waals surface area (Å²) >= 11 is 0. The van der Waals surface area contributed by atoms with Crippen molar-refractivity contribution >= 4 is 11.8 Å². The molecule has 2 N–H and O–H groups in total. The monoisotopic (exact) mass is 316 g/mol. The Balaban J connectivity index is 2.13. The van der Waals surface area contributed by atoms with Crippen LogP contribution in [-0.4, -0.2) is 59.3 Å². The minimum atomic E-state index is -4.62. The largest absolute Gasteiger partial charge is 0.417 e. The first-order valence-corrected chi connectivity index (χ1v) is 6.63. The lowest BCUT2D eigenvalue weighted by molar-refractivity contribution is -0.138. The standard InChI is InChI=1S/C13H15F3N4O2/c14-13(15,16)10-1-2-18-8-9(10)12(22)20-5-3-19(4-6-20)11(21)7-17/h1-2,8H,3-7,17H2. The first kappa shape index (κ1) is 16.2. The molecule has 2 amide bonds. The van der Waals surface area contributed by atoms with Crippen LogP contribution in [-0.2, 0) is 11.0 Å². The predicted molar refractivity (Wildman–Crippen MR) is 70.8 cm³/mol. The number of rotatable bonds is 2. The quantitative estimate of drug-likeness (QED) is 0.853. The fraction of sp³-hybridized carbons (Fsp3) is 0.462. The van der Waals surface area contributed by atoms with Gasteiger partial charge in [0.2, 0.25) is 5.91 Å². The number of alkyl halides is 3. The Morgan fingerprint density at radius 1 is 1.18 bits per heavy atom. The molecule has 9 heteroatoms. The maximum absolute atomic E-state index is 12.9. The number of carbonyl (C=O) groups is 2. The summed E-state index contributed by atoms with van der Waals surface area (Å²) in [7, 11) is 0. The molecule has 1 aliphatic rings. The Bertz CT molecular complexity index is 569. The van der Waals surface area contributed by atoms with Crippen molar-refractivity contribution < 1.29 is 22.8 Å². The van der Waals surface area contributed by atoms with Gasteiger partial charge in [-0.3, -0.25) is 14.6 Å². The number of piperazine rings is 1. The van der Waals surface area contributed by atoms with Crippen molar-refractivity contribution in [3.8, 4) is 0 Å². The number of halogens is 3. The summed E-state index contributed by atoms with van der Waals surface area (Å²) in [4.78, 5) is 30.1. The third kappa shape index (κ3) is 3.35. The van der Waals surface area contributed by atoms with E-state index in [0.717, 1.165) is 18.5 Å². The summed E-state index contributed by atoms with van der Waals surface area (Å²) in [6.45, 7) is 0.703. The maximum Gasteiger partial charge on any atom is 0.417 e. The van der Waals surface area contributed by atoms with Crippen molar-refractivity contribution in [2.45, 2.75) is 6.18 Å². The van der Waals surface area contributed by atoms with Gasteiger partial charge in [0.15, 0.2) is 0 Å². The van der Waals surface area contributed by atoms with Gasteiger partial charge in [0.1, 0.15) is 0 Å². The second kappa shape index (κ2) is 6.30. The lowest BCUT2D eigenvalue weighted by Crippen LogP contribution is -2.52. The van der Waals surface area contributed by atoms with Gasteiger partial charge < -0.3 is 15.5 Å². The highest BCUT2D eigenvalue weighted by molar-refractivity contribution is 5.95. The molecule has 0 radical (unpaired) electrons. The van der Waals surface area contributed by atoms with Gasteiger partial charge in [0, 0.05) is 38.6 Å². The zero-order valence-corrected chi connectivity index (χ0v) is 11.6. The summed E-state index contributed by atoms with van der Waals surface area (Å²) in [5.41, 5.74) is 3.77. The fourth-order valence-corrected chi connectivity index (χ4v) is 2.27. The van der Waals surface area contributed by atoms with E-state index in [1.165, 1.54) is 9.80 Å². The average Bonchev–Trinajstić information content (AvgIpc) is 2.52. The van der Waals surface area contributed by atoms with E-state index in [-0.39, 0.29) is 38.6 Å². The third-order valence-corrected chi connectivity index (χ3v) is 3.45. The topological polar surface area (TPSA) is 79.5 Å². The van der Waals surface area contributed by atoms with Crippen LogP contribution in [0.15, 0.2) is 18.5 Å². The Kier molecular flexibility index (Phi) is 4.65. The second-order valence-electron chi connectivity index (χ2n) is 4.80. The Labute approximate surface area is 124 Å². The van der Waals surface area contributed by atoms with Crippen LogP contribution in [0.5, 0.6) is 0 Å². The van der Waals surface area contributed by atoms with E-state index in [1.54, 1.807) is 0 Å². The van der Waals surface area contributed by atoms with Crippen LogP contribution < -0.4 is 5.73 Å².